The Morgan fingerprint density at radius 3 is 2.71 bits per heavy atom. The van der Waals surface area contributed by atoms with Gasteiger partial charge in [-0.1, -0.05) is 12.1 Å². The first-order valence-corrected chi connectivity index (χ1v) is 8.64. The highest BCUT2D eigenvalue weighted by Crippen LogP contribution is 2.24. The molecule has 7 heteroatoms. The molecule has 1 atom stereocenters. The fourth-order valence-corrected chi connectivity index (χ4v) is 2.67. The Hall–Kier alpha value is -2.67. The Labute approximate surface area is 143 Å². The molecule has 0 unspecified atom stereocenters. The van der Waals surface area contributed by atoms with E-state index >= 15 is 0 Å². The van der Waals surface area contributed by atoms with Crippen LogP contribution in [0, 0.1) is 0 Å². The Balaban J connectivity index is 1.67. The molecular formula is C17H18N4O2S. The molecule has 1 aromatic carbocycles. The number of carbonyl (C=O) groups is 1. The zero-order chi connectivity index (χ0) is 16.9. The van der Waals surface area contributed by atoms with Gasteiger partial charge in [-0.3, -0.25) is 0 Å². The molecule has 0 aliphatic carbocycles. The summed E-state index contributed by atoms with van der Waals surface area (Å²) in [6.07, 6.45) is 0.886. The number of amides is 2. The van der Waals surface area contributed by atoms with E-state index in [0.717, 1.165) is 17.5 Å². The summed E-state index contributed by atoms with van der Waals surface area (Å²) in [5, 5.41) is 13.6. The number of thiophene rings is 1. The summed E-state index contributed by atoms with van der Waals surface area (Å²) in [6, 6.07) is 9.18. The molecule has 2 aromatic heterocycles. The Morgan fingerprint density at radius 1 is 1.25 bits per heavy atom. The van der Waals surface area contributed by atoms with E-state index in [9.17, 15) is 4.79 Å². The average Bonchev–Trinajstić information content (AvgIpc) is 3.26. The number of urea groups is 1. The highest BCUT2D eigenvalue weighted by molar-refractivity contribution is 7.08. The van der Waals surface area contributed by atoms with Crippen LogP contribution >= 0.6 is 11.3 Å². The van der Waals surface area contributed by atoms with Gasteiger partial charge in [-0.2, -0.15) is 16.3 Å². The van der Waals surface area contributed by atoms with Gasteiger partial charge >= 0.3 is 6.03 Å². The average molecular weight is 342 g/mol. The standard InChI is InChI=1S/C17H18N4O2S/c1-3-11(2)18-17(22)19-14-6-4-12(5-7-14)15-20-16(23-21-15)13-8-9-24-10-13/h4-11H,3H2,1-2H3,(H2,18,19,22)/t11-/m0/s1. The predicted octanol–water partition coefficient (Wildman–Crippen LogP) is 4.39. The minimum absolute atomic E-state index is 0.138. The third-order valence-electron chi connectivity index (χ3n) is 3.58. The van der Waals surface area contributed by atoms with Crippen molar-refractivity contribution in [3.63, 3.8) is 0 Å². The molecular weight excluding hydrogens is 324 g/mol. The van der Waals surface area contributed by atoms with Crippen molar-refractivity contribution in [3.05, 3.63) is 41.1 Å². The SMILES string of the molecule is CC[C@H](C)NC(=O)Nc1ccc(-c2noc(-c3ccsc3)n2)cc1. The molecule has 124 valence electrons. The van der Waals surface area contributed by atoms with E-state index in [1.54, 1.807) is 11.3 Å². The van der Waals surface area contributed by atoms with E-state index in [1.807, 2.05) is 54.9 Å². The second-order valence-corrected chi connectivity index (χ2v) is 6.20. The minimum Gasteiger partial charge on any atom is -0.335 e. The Kier molecular flexibility index (Phi) is 4.90. The number of hydrogen-bond donors (Lipinski definition) is 2. The summed E-state index contributed by atoms with van der Waals surface area (Å²) >= 11 is 1.58. The summed E-state index contributed by atoms with van der Waals surface area (Å²) in [6.45, 7) is 3.99. The van der Waals surface area contributed by atoms with Gasteiger partial charge in [-0.15, -0.1) is 0 Å². The maximum absolute atomic E-state index is 11.8. The minimum atomic E-state index is -0.212. The van der Waals surface area contributed by atoms with Gasteiger partial charge in [0.25, 0.3) is 5.89 Å². The first-order chi connectivity index (χ1) is 11.7. The largest absolute Gasteiger partial charge is 0.335 e. The van der Waals surface area contributed by atoms with Crippen molar-refractivity contribution >= 4 is 23.1 Å². The van der Waals surface area contributed by atoms with Crippen LogP contribution in [0.25, 0.3) is 22.8 Å². The molecule has 2 N–H and O–H groups in total. The smallest absolute Gasteiger partial charge is 0.319 e. The van der Waals surface area contributed by atoms with E-state index in [4.69, 9.17) is 4.52 Å². The van der Waals surface area contributed by atoms with Crippen molar-refractivity contribution in [2.75, 3.05) is 5.32 Å². The van der Waals surface area contributed by atoms with Gasteiger partial charge < -0.3 is 15.2 Å². The van der Waals surface area contributed by atoms with E-state index in [0.29, 0.717) is 17.4 Å². The Morgan fingerprint density at radius 2 is 2.04 bits per heavy atom. The quantitative estimate of drug-likeness (QED) is 0.721. The highest BCUT2D eigenvalue weighted by atomic mass is 32.1. The number of rotatable bonds is 5. The van der Waals surface area contributed by atoms with Crippen molar-refractivity contribution < 1.29 is 9.32 Å². The van der Waals surface area contributed by atoms with Gasteiger partial charge in [-0.25, -0.2) is 4.79 Å². The van der Waals surface area contributed by atoms with Gasteiger partial charge in [0.2, 0.25) is 5.82 Å². The molecule has 0 saturated carbocycles. The zero-order valence-electron chi connectivity index (χ0n) is 13.4. The molecule has 0 spiro atoms. The molecule has 3 aromatic rings. The summed E-state index contributed by atoms with van der Waals surface area (Å²) in [7, 11) is 0. The molecule has 0 saturated heterocycles. The number of anilines is 1. The van der Waals surface area contributed by atoms with Crippen LogP contribution in [0.3, 0.4) is 0 Å². The molecule has 2 amide bonds. The molecule has 0 bridgehead atoms. The van der Waals surface area contributed by atoms with Crippen LogP contribution in [0.1, 0.15) is 20.3 Å². The van der Waals surface area contributed by atoms with Crippen LogP contribution in [0.4, 0.5) is 10.5 Å². The van der Waals surface area contributed by atoms with E-state index in [1.165, 1.54) is 0 Å². The van der Waals surface area contributed by atoms with E-state index < -0.39 is 0 Å². The third-order valence-corrected chi connectivity index (χ3v) is 4.27. The lowest BCUT2D eigenvalue weighted by Gasteiger charge is -2.12. The number of aromatic nitrogens is 2. The number of benzene rings is 1. The van der Waals surface area contributed by atoms with Crippen LogP contribution in [-0.2, 0) is 0 Å². The molecule has 0 aliphatic heterocycles. The van der Waals surface area contributed by atoms with Crippen LogP contribution in [-0.4, -0.2) is 22.2 Å². The van der Waals surface area contributed by atoms with Crippen LogP contribution in [0.2, 0.25) is 0 Å². The lowest BCUT2D eigenvalue weighted by atomic mass is 10.2. The van der Waals surface area contributed by atoms with Crippen molar-refractivity contribution in [1.29, 1.82) is 0 Å². The summed E-state index contributed by atoms with van der Waals surface area (Å²) < 4.78 is 5.28. The van der Waals surface area contributed by atoms with Crippen molar-refractivity contribution in [1.82, 2.24) is 15.5 Å². The van der Waals surface area contributed by atoms with E-state index in [-0.39, 0.29) is 12.1 Å². The Bertz CT molecular complexity index is 796. The molecule has 6 nitrogen and oxygen atoms in total. The van der Waals surface area contributed by atoms with Crippen molar-refractivity contribution in [2.24, 2.45) is 0 Å². The van der Waals surface area contributed by atoms with Crippen molar-refractivity contribution in [3.8, 4) is 22.8 Å². The van der Waals surface area contributed by atoms with Crippen LogP contribution in [0.5, 0.6) is 0 Å². The van der Waals surface area contributed by atoms with E-state index in [2.05, 4.69) is 20.8 Å². The molecule has 0 radical (unpaired) electrons. The van der Waals surface area contributed by atoms with Crippen molar-refractivity contribution in [2.45, 2.75) is 26.3 Å². The summed E-state index contributed by atoms with van der Waals surface area (Å²) in [4.78, 5) is 16.2. The van der Waals surface area contributed by atoms with Gasteiger partial charge in [0.1, 0.15) is 0 Å². The number of hydrogen-bond acceptors (Lipinski definition) is 5. The second-order valence-electron chi connectivity index (χ2n) is 5.42. The molecule has 0 fully saturated rings. The molecule has 2 heterocycles. The topological polar surface area (TPSA) is 80.0 Å². The lowest BCUT2D eigenvalue weighted by molar-refractivity contribution is 0.249. The second kappa shape index (κ2) is 7.27. The summed E-state index contributed by atoms with van der Waals surface area (Å²) in [5.41, 5.74) is 2.45. The van der Waals surface area contributed by atoms with Gasteiger partial charge in [0, 0.05) is 22.7 Å². The number of nitrogens with zero attached hydrogens (tertiary/aromatic N) is 2. The molecule has 3 rings (SSSR count). The zero-order valence-corrected chi connectivity index (χ0v) is 14.3. The van der Waals surface area contributed by atoms with Crippen LogP contribution in [0.15, 0.2) is 45.6 Å². The fraction of sp³-hybridized carbons (Fsp3) is 0.235. The lowest BCUT2D eigenvalue weighted by Crippen LogP contribution is -2.35. The first-order valence-electron chi connectivity index (χ1n) is 7.70. The third kappa shape index (κ3) is 3.80. The highest BCUT2D eigenvalue weighted by Gasteiger charge is 2.11. The molecule has 24 heavy (non-hydrogen) atoms. The van der Waals surface area contributed by atoms with Crippen LogP contribution < -0.4 is 10.6 Å². The van der Waals surface area contributed by atoms with Gasteiger partial charge in [0.05, 0.1) is 5.56 Å². The maximum atomic E-state index is 11.8. The first kappa shape index (κ1) is 16.2. The summed E-state index contributed by atoms with van der Waals surface area (Å²) in [5.74, 6) is 1.02. The maximum Gasteiger partial charge on any atom is 0.319 e. The molecule has 0 aliphatic rings. The monoisotopic (exact) mass is 342 g/mol. The number of carbonyl (C=O) groups excluding carboxylic acids is 1. The fourth-order valence-electron chi connectivity index (χ4n) is 2.04. The number of nitrogens with one attached hydrogen (secondary N) is 2. The van der Waals surface area contributed by atoms with Gasteiger partial charge in [0.15, 0.2) is 0 Å². The predicted molar refractivity (Wildman–Crippen MR) is 95.0 cm³/mol. The normalized spacial score (nSPS) is 11.9. The van der Waals surface area contributed by atoms with Gasteiger partial charge in [-0.05, 0) is 49.1 Å².